The molecule has 148 valence electrons. The first-order valence-corrected chi connectivity index (χ1v) is 9.57. The smallest absolute Gasteiger partial charge is 0.337 e. The molecular formula is C22H25NO5. The first-order chi connectivity index (χ1) is 13.5. The van der Waals surface area contributed by atoms with Gasteiger partial charge in [0.05, 0.1) is 24.9 Å². The normalized spacial score (nSPS) is 19.1. The van der Waals surface area contributed by atoms with E-state index in [-0.39, 0.29) is 5.78 Å². The third kappa shape index (κ3) is 3.72. The number of nitrogens with one attached hydrogen (secondary N) is 1. The lowest BCUT2D eigenvalue weighted by Gasteiger charge is -2.34. The van der Waals surface area contributed by atoms with Crippen LogP contribution in [0.3, 0.4) is 0 Å². The Kier molecular flexibility index (Phi) is 5.97. The van der Waals surface area contributed by atoms with Gasteiger partial charge in [0, 0.05) is 29.3 Å². The van der Waals surface area contributed by atoms with Crippen LogP contribution in [0.2, 0.25) is 0 Å². The molecule has 1 heterocycles. The van der Waals surface area contributed by atoms with Gasteiger partial charge in [0.1, 0.15) is 0 Å². The molecule has 2 aliphatic rings. The Morgan fingerprint density at radius 3 is 2.50 bits per heavy atom. The lowest BCUT2D eigenvalue weighted by Crippen LogP contribution is -2.34. The summed E-state index contributed by atoms with van der Waals surface area (Å²) in [5, 5.41) is 3.26. The third-order valence-electron chi connectivity index (χ3n) is 5.10. The molecular weight excluding hydrogens is 358 g/mol. The second kappa shape index (κ2) is 8.42. The zero-order valence-electron chi connectivity index (χ0n) is 16.5. The summed E-state index contributed by atoms with van der Waals surface area (Å²) in [5.74, 6) is -1.30. The molecule has 6 heteroatoms. The summed E-state index contributed by atoms with van der Waals surface area (Å²) < 4.78 is 10.2. The molecule has 1 aliphatic carbocycles. The lowest BCUT2D eigenvalue weighted by atomic mass is 9.75. The molecule has 0 fully saturated rings. The first-order valence-electron chi connectivity index (χ1n) is 9.57. The second-order valence-electron chi connectivity index (χ2n) is 7.02. The van der Waals surface area contributed by atoms with E-state index in [2.05, 4.69) is 5.32 Å². The molecule has 0 aromatic heterocycles. The minimum absolute atomic E-state index is 0.0454. The van der Waals surface area contributed by atoms with Gasteiger partial charge >= 0.3 is 11.9 Å². The largest absolute Gasteiger partial charge is 0.465 e. The molecule has 6 nitrogen and oxygen atoms in total. The number of rotatable bonds is 5. The van der Waals surface area contributed by atoms with Gasteiger partial charge in [0.25, 0.3) is 0 Å². The van der Waals surface area contributed by atoms with E-state index in [9.17, 15) is 14.4 Å². The molecule has 1 atom stereocenters. The number of ether oxygens (including phenoxy) is 2. The Morgan fingerprint density at radius 2 is 1.86 bits per heavy atom. The van der Waals surface area contributed by atoms with Crippen molar-refractivity contribution in [3.63, 3.8) is 0 Å². The van der Waals surface area contributed by atoms with Crippen molar-refractivity contribution < 1.29 is 23.9 Å². The van der Waals surface area contributed by atoms with Crippen LogP contribution < -0.4 is 5.32 Å². The van der Waals surface area contributed by atoms with Crippen molar-refractivity contribution in [3.8, 4) is 0 Å². The fourth-order valence-electron chi connectivity index (χ4n) is 3.79. The van der Waals surface area contributed by atoms with Crippen LogP contribution in [0.5, 0.6) is 0 Å². The van der Waals surface area contributed by atoms with E-state index in [1.165, 1.54) is 7.11 Å². The SMILES string of the molecule is CCCOC(=O)C1=C(C)NC2=C(C(=O)CCC2)C1c1ccc(C(=O)OC)cc1. The van der Waals surface area contributed by atoms with Gasteiger partial charge in [-0.1, -0.05) is 19.1 Å². The fraction of sp³-hybridized carbons (Fsp3) is 0.409. The van der Waals surface area contributed by atoms with E-state index < -0.39 is 17.9 Å². The fourth-order valence-corrected chi connectivity index (χ4v) is 3.79. The van der Waals surface area contributed by atoms with Crippen LogP contribution in [0, 0.1) is 0 Å². The van der Waals surface area contributed by atoms with Crippen LogP contribution in [0.1, 0.15) is 61.4 Å². The summed E-state index contributed by atoms with van der Waals surface area (Å²) in [5.41, 5.74) is 3.86. The number of hydrogen-bond donors (Lipinski definition) is 1. The maximum Gasteiger partial charge on any atom is 0.337 e. The number of esters is 2. The number of dihydropyridines is 1. The summed E-state index contributed by atoms with van der Waals surface area (Å²) in [6.07, 6.45) is 2.75. The monoisotopic (exact) mass is 383 g/mol. The molecule has 3 rings (SSSR count). The number of hydrogen-bond acceptors (Lipinski definition) is 6. The molecule has 1 unspecified atom stereocenters. The highest BCUT2D eigenvalue weighted by molar-refractivity contribution is 6.03. The summed E-state index contributed by atoms with van der Waals surface area (Å²) >= 11 is 0. The minimum atomic E-state index is -0.500. The van der Waals surface area contributed by atoms with Gasteiger partial charge in [0.15, 0.2) is 5.78 Å². The molecule has 0 spiro atoms. The molecule has 28 heavy (non-hydrogen) atoms. The number of allylic oxidation sites excluding steroid dienone is 3. The quantitative estimate of drug-likeness (QED) is 0.785. The maximum absolute atomic E-state index is 12.8. The van der Waals surface area contributed by atoms with Gasteiger partial charge in [0.2, 0.25) is 0 Å². The van der Waals surface area contributed by atoms with Gasteiger partial charge in [-0.2, -0.15) is 0 Å². The molecule has 0 bridgehead atoms. The van der Waals surface area contributed by atoms with E-state index in [1.807, 2.05) is 13.8 Å². The number of carbonyl (C=O) groups excluding carboxylic acids is 3. The topological polar surface area (TPSA) is 81.7 Å². The Bertz CT molecular complexity index is 863. The lowest BCUT2D eigenvalue weighted by molar-refractivity contribution is -0.139. The molecule has 0 amide bonds. The van der Waals surface area contributed by atoms with Gasteiger partial charge < -0.3 is 14.8 Å². The average Bonchev–Trinajstić information content (AvgIpc) is 2.70. The van der Waals surface area contributed by atoms with Crippen molar-refractivity contribution in [3.05, 3.63) is 57.9 Å². The zero-order chi connectivity index (χ0) is 20.3. The summed E-state index contributed by atoms with van der Waals surface area (Å²) in [6, 6.07) is 6.85. The number of ketones is 1. The first kappa shape index (κ1) is 19.9. The number of benzene rings is 1. The minimum Gasteiger partial charge on any atom is -0.465 e. The Morgan fingerprint density at radius 1 is 1.14 bits per heavy atom. The Balaban J connectivity index is 2.07. The van der Waals surface area contributed by atoms with Crippen molar-refractivity contribution in [2.75, 3.05) is 13.7 Å². The van der Waals surface area contributed by atoms with Crippen LogP contribution >= 0.6 is 0 Å². The van der Waals surface area contributed by atoms with Crippen LogP contribution in [0.25, 0.3) is 0 Å². The zero-order valence-corrected chi connectivity index (χ0v) is 16.5. The summed E-state index contributed by atoms with van der Waals surface area (Å²) in [6.45, 7) is 4.09. The Hall–Kier alpha value is -2.89. The third-order valence-corrected chi connectivity index (χ3v) is 5.10. The highest BCUT2D eigenvalue weighted by Gasteiger charge is 2.39. The van der Waals surface area contributed by atoms with Crippen molar-refractivity contribution in [1.82, 2.24) is 5.32 Å². The van der Waals surface area contributed by atoms with Gasteiger partial charge in [-0.15, -0.1) is 0 Å². The highest BCUT2D eigenvalue weighted by Crippen LogP contribution is 2.42. The molecule has 0 saturated heterocycles. The predicted octanol–water partition coefficient (Wildman–Crippen LogP) is 3.39. The van der Waals surface area contributed by atoms with Gasteiger partial charge in [-0.05, 0) is 43.9 Å². The number of carbonyl (C=O) groups is 3. The summed E-state index contributed by atoms with van der Waals surface area (Å²) in [7, 11) is 1.33. The van der Waals surface area contributed by atoms with Crippen LogP contribution in [0.15, 0.2) is 46.8 Å². The summed E-state index contributed by atoms with van der Waals surface area (Å²) in [4.78, 5) is 37.3. The molecule has 0 saturated carbocycles. The van der Waals surface area contributed by atoms with E-state index in [0.717, 1.165) is 30.5 Å². The molecule has 1 aromatic rings. The van der Waals surface area contributed by atoms with Gasteiger partial charge in [-0.3, -0.25) is 4.79 Å². The van der Waals surface area contributed by atoms with E-state index >= 15 is 0 Å². The van der Waals surface area contributed by atoms with Crippen molar-refractivity contribution in [2.24, 2.45) is 0 Å². The standard InChI is InChI=1S/C22H25NO5/c1-4-12-28-22(26)18-13(2)23-16-6-5-7-17(24)20(16)19(18)14-8-10-15(11-9-14)21(25)27-3/h8-11,19,23H,4-7,12H2,1-3H3. The van der Waals surface area contributed by atoms with Crippen molar-refractivity contribution >= 4 is 17.7 Å². The maximum atomic E-state index is 12.8. The van der Waals surface area contributed by atoms with E-state index in [4.69, 9.17) is 9.47 Å². The number of Topliss-reactive ketones (excluding diaryl/α,β-unsaturated/α-hetero) is 1. The second-order valence-corrected chi connectivity index (χ2v) is 7.02. The molecule has 1 N–H and O–H groups in total. The molecule has 0 radical (unpaired) electrons. The highest BCUT2D eigenvalue weighted by atomic mass is 16.5. The predicted molar refractivity (Wildman–Crippen MR) is 103 cm³/mol. The molecule has 1 aliphatic heterocycles. The Labute approximate surface area is 164 Å². The number of methoxy groups -OCH3 is 1. The average molecular weight is 383 g/mol. The van der Waals surface area contributed by atoms with E-state index in [1.54, 1.807) is 24.3 Å². The van der Waals surface area contributed by atoms with Crippen molar-refractivity contribution in [2.45, 2.75) is 45.4 Å². The van der Waals surface area contributed by atoms with Crippen LogP contribution in [-0.2, 0) is 19.1 Å². The van der Waals surface area contributed by atoms with E-state index in [0.29, 0.717) is 35.4 Å². The van der Waals surface area contributed by atoms with Crippen molar-refractivity contribution in [1.29, 1.82) is 0 Å². The molecule has 1 aromatic carbocycles. The van der Waals surface area contributed by atoms with Crippen LogP contribution in [0.4, 0.5) is 0 Å². The van der Waals surface area contributed by atoms with Gasteiger partial charge in [-0.25, -0.2) is 9.59 Å². The van der Waals surface area contributed by atoms with Crippen LogP contribution in [-0.4, -0.2) is 31.4 Å².